The van der Waals surface area contributed by atoms with Crippen LogP contribution in [0.3, 0.4) is 0 Å². The molecule has 1 aromatic carbocycles. The summed E-state index contributed by atoms with van der Waals surface area (Å²) in [4.78, 5) is 11.9. The minimum atomic E-state index is 0.155. The van der Waals surface area contributed by atoms with Crippen LogP contribution in [0.5, 0.6) is 5.75 Å². The first-order valence-electron chi connectivity index (χ1n) is 5.62. The molecule has 1 rings (SSSR count). The number of ketones is 1. The predicted octanol–water partition coefficient (Wildman–Crippen LogP) is 3.41. The maximum atomic E-state index is 11.9. The van der Waals surface area contributed by atoms with E-state index in [1.165, 1.54) is 0 Å². The van der Waals surface area contributed by atoms with E-state index in [4.69, 9.17) is 4.74 Å². The standard InChI is InChI=1S/C13H18O2S/c1-3-9-16-10-12(14)11-7-5-6-8-13(11)15-4-2/h5-8H,3-4,9-10H2,1-2H3. The molecule has 0 unspecified atom stereocenters. The summed E-state index contributed by atoms with van der Waals surface area (Å²) in [6.07, 6.45) is 1.10. The van der Waals surface area contributed by atoms with E-state index in [0.717, 1.165) is 12.2 Å². The molecule has 0 saturated heterocycles. The number of benzene rings is 1. The number of ether oxygens (including phenoxy) is 1. The van der Waals surface area contributed by atoms with Crippen molar-refractivity contribution in [3.8, 4) is 5.75 Å². The molecule has 0 spiro atoms. The highest BCUT2D eigenvalue weighted by Crippen LogP contribution is 2.20. The van der Waals surface area contributed by atoms with Gasteiger partial charge in [0.1, 0.15) is 5.75 Å². The van der Waals surface area contributed by atoms with Crippen molar-refractivity contribution >= 4 is 17.5 Å². The molecule has 2 nitrogen and oxygen atoms in total. The Labute approximate surface area is 101 Å². The third-order valence-electron chi connectivity index (χ3n) is 2.07. The van der Waals surface area contributed by atoms with Crippen LogP contribution in [0, 0.1) is 0 Å². The lowest BCUT2D eigenvalue weighted by molar-refractivity contribution is 0.101. The number of hydrogen-bond donors (Lipinski definition) is 0. The average molecular weight is 238 g/mol. The molecular weight excluding hydrogens is 220 g/mol. The van der Waals surface area contributed by atoms with E-state index in [1.54, 1.807) is 11.8 Å². The number of carbonyl (C=O) groups excluding carboxylic acids is 1. The molecule has 0 fully saturated rings. The van der Waals surface area contributed by atoms with Gasteiger partial charge >= 0.3 is 0 Å². The van der Waals surface area contributed by atoms with Crippen LogP contribution >= 0.6 is 11.8 Å². The zero-order valence-corrected chi connectivity index (χ0v) is 10.7. The first kappa shape index (κ1) is 13.1. The van der Waals surface area contributed by atoms with Crippen molar-refractivity contribution in [1.82, 2.24) is 0 Å². The van der Waals surface area contributed by atoms with Crippen LogP contribution in [0.1, 0.15) is 30.6 Å². The second-order valence-electron chi connectivity index (χ2n) is 3.40. The highest BCUT2D eigenvalue weighted by molar-refractivity contribution is 7.99. The molecule has 0 atom stereocenters. The van der Waals surface area contributed by atoms with Gasteiger partial charge in [0.05, 0.1) is 17.9 Å². The molecular formula is C13H18O2S. The smallest absolute Gasteiger partial charge is 0.176 e. The van der Waals surface area contributed by atoms with Crippen molar-refractivity contribution in [2.24, 2.45) is 0 Å². The Morgan fingerprint density at radius 2 is 2.06 bits per heavy atom. The number of carbonyl (C=O) groups is 1. The molecule has 0 aromatic heterocycles. The third kappa shape index (κ3) is 3.89. The molecule has 0 heterocycles. The number of hydrogen-bond acceptors (Lipinski definition) is 3. The lowest BCUT2D eigenvalue weighted by Gasteiger charge is -2.08. The third-order valence-corrected chi connectivity index (χ3v) is 3.23. The molecule has 16 heavy (non-hydrogen) atoms. The molecule has 0 bridgehead atoms. The van der Waals surface area contributed by atoms with Gasteiger partial charge in [0.15, 0.2) is 5.78 Å². The zero-order chi connectivity index (χ0) is 11.8. The van der Waals surface area contributed by atoms with Gasteiger partial charge in [-0.15, -0.1) is 0 Å². The molecule has 0 aliphatic heterocycles. The van der Waals surface area contributed by atoms with Crippen molar-refractivity contribution in [1.29, 1.82) is 0 Å². The van der Waals surface area contributed by atoms with Crippen molar-refractivity contribution in [2.45, 2.75) is 20.3 Å². The molecule has 1 aromatic rings. The summed E-state index contributed by atoms with van der Waals surface area (Å²) >= 11 is 1.68. The van der Waals surface area contributed by atoms with Gasteiger partial charge in [0.25, 0.3) is 0 Å². The summed E-state index contributed by atoms with van der Waals surface area (Å²) in [5, 5.41) is 0. The largest absolute Gasteiger partial charge is 0.493 e. The Balaban J connectivity index is 2.66. The van der Waals surface area contributed by atoms with E-state index >= 15 is 0 Å². The summed E-state index contributed by atoms with van der Waals surface area (Å²) in [6.45, 7) is 4.63. The van der Waals surface area contributed by atoms with Crippen LogP contribution in [0.2, 0.25) is 0 Å². The van der Waals surface area contributed by atoms with E-state index in [0.29, 0.717) is 23.7 Å². The second kappa shape index (κ2) is 7.34. The number of para-hydroxylation sites is 1. The topological polar surface area (TPSA) is 26.3 Å². The van der Waals surface area contributed by atoms with Crippen LogP contribution in [0.25, 0.3) is 0 Å². The Bertz CT molecular complexity index is 336. The van der Waals surface area contributed by atoms with Crippen molar-refractivity contribution in [3.05, 3.63) is 29.8 Å². The number of rotatable bonds is 7. The summed E-state index contributed by atoms with van der Waals surface area (Å²) < 4.78 is 5.43. The maximum Gasteiger partial charge on any atom is 0.176 e. The van der Waals surface area contributed by atoms with E-state index in [1.807, 2.05) is 31.2 Å². The van der Waals surface area contributed by atoms with Gasteiger partial charge in [-0.2, -0.15) is 11.8 Å². The molecule has 0 radical (unpaired) electrons. The summed E-state index contributed by atoms with van der Waals surface area (Å²) in [5.41, 5.74) is 0.702. The molecule has 88 valence electrons. The van der Waals surface area contributed by atoms with Crippen LogP contribution in [-0.2, 0) is 0 Å². The highest BCUT2D eigenvalue weighted by atomic mass is 32.2. The first-order valence-corrected chi connectivity index (χ1v) is 6.77. The molecule has 0 aliphatic carbocycles. The molecule has 3 heteroatoms. The maximum absolute atomic E-state index is 11.9. The monoisotopic (exact) mass is 238 g/mol. The number of Topliss-reactive ketones (excluding diaryl/α,β-unsaturated/α-hetero) is 1. The average Bonchev–Trinajstić information content (AvgIpc) is 2.30. The lowest BCUT2D eigenvalue weighted by Crippen LogP contribution is -2.06. The molecule has 0 N–H and O–H groups in total. The van der Waals surface area contributed by atoms with Crippen molar-refractivity contribution < 1.29 is 9.53 Å². The minimum Gasteiger partial charge on any atom is -0.493 e. The Morgan fingerprint density at radius 3 is 2.75 bits per heavy atom. The zero-order valence-electron chi connectivity index (χ0n) is 9.86. The van der Waals surface area contributed by atoms with Crippen LogP contribution in [-0.4, -0.2) is 23.9 Å². The normalized spacial score (nSPS) is 10.1. The second-order valence-corrected chi connectivity index (χ2v) is 4.51. The predicted molar refractivity (Wildman–Crippen MR) is 69.6 cm³/mol. The van der Waals surface area contributed by atoms with Crippen molar-refractivity contribution in [2.75, 3.05) is 18.1 Å². The van der Waals surface area contributed by atoms with Gasteiger partial charge in [-0.1, -0.05) is 19.1 Å². The highest BCUT2D eigenvalue weighted by Gasteiger charge is 2.11. The first-order chi connectivity index (χ1) is 7.79. The molecule has 0 saturated carbocycles. The van der Waals surface area contributed by atoms with Crippen LogP contribution < -0.4 is 4.74 Å². The fourth-order valence-corrected chi connectivity index (χ4v) is 2.14. The Kier molecular flexibility index (Phi) is 6.01. The van der Waals surface area contributed by atoms with E-state index in [-0.39, 0.29) is 5.78 Å². The fourth-order valence-electron chi connectivity index (χ4n) is 1.37. The minimum absolute atomic E-state index is 0.155. The van der Waals surface area contributed by atoms with Gasteiger partial charge in [-0.25, -0.2) is 0 Å². The summed E-state index contributed by atoms with van der Waals surface area (Å²) in [7, 11) is 0. The van der Waals surface area contributed by atoms with Gasteiger partial charge in [-0.3, -0.25) is 4.79 Å². The Hall–Kier alpha value is -0.960. The van der Waals surface area contributed by atoms with Crippen LogP contribution in [0.15, 0.2) is 24.3 Å². The van der Waals surface area contributed by atoms with E-state index in [9.17, 15) is 4.79 Å². The van der Waals surface area contributed by atoms with Crippen LogP contribution in [0.4, 0.5) is 0 Å². The van der Waals surface area contributed by atoms with Crippen molar-refractivity contribution in [3.63, 3.8) is 0 Å². The quantitative estimate of drug-likeness (QED) is 0.538. The SMILES string of the molecule is CCCSCC(=O)c1ccccc1OCC. The number of thioether (sulfide) groups is 1. The summed E-state index contributed by atoms with van der Waals surface area (Å²) in [5.74, 6) is 2.43. The Morgan fingerprint density at radius 1 is 1.31 bits per heavy atom. The van der Waals surface area contributed by atoms with E-state index < -0.39 is 0 Å². The van der Waals surface area contributed by atoms with Gasteiger partial charge < -0.3 is 4.74 Å². The lowest BCUT2D eigenvalue weighted by atomic mass is 10.1. The fraction of sp³-hybridized carbons (Fsp3) is 0.462. The van der Waals surface area contributed by atoms with Gasteiger partial charge in [0.2, 0.25) is 0 Å². The van der Waals surface area contributed by atoms with Gasteiger partial charge in [-0.05, 0) is 31.2 Å². The van der Waals surface area contributed by atoms with Gasteiger partial charge in [0, 0.05) is 0 Å². The summed E-state index contributed by atoms with van der Waals surface area (Å²) in [6, 6.07) is 7.45. The molecule has 0 aliphatic rings. The van der Waals surface area contributed by atoms with E-state index in [2.05, 4.69) is 6.92 Å². The molecule has 0 amide bonds.